The SMILES string of the molecule is Cc1[nH]nc(-c2nn3c(Cc4ccccc4Cl)nnc3s2)c1Cl. The summed E-state index contributed by atoms with van der Waals surface area (Å²) in [6, 6.07) is 7.66. The molecule has 3 aromatic heterocycles. The van der Waals surface area contributed by atoms with Gasteiger partial charge in [-0.2, -0.15) is 14.7 Å². The molecule has 116 valence electrons. The van der Waals surface area contributed by atoms with Crippen LogP contribution in [0.3, 0.4) is 0 Å². The minimum Gasteiger partial charge on any atom is -0.281 e. The Labute approximate surface area is 145 Å². The highest BCUT2D eigenvalue weighted by atomic mass is 35.5. The van der Waals surface area contributed by atoms with Crippen LogP contribution < -0.4 is 0 Å². The Bertz CT molecular complexity index is 1000. The van der Waals surface area contributed by atoms with Crippen molar-refractivity contribution in [1.82, 2.24) is 30.0 Å². The van der Waals surface area contributed by atoms with Gasteiger partial charge >= 0.3 is 0 Å². The number of aromatic amines is 1. The van der Waals surface area contributed by atoms with Gasteiger partial charge in [0.1, 0.15) is 5.69 Å². The van der Waals surface area contributed by atoms with Gasteiger partial charge in [-0.1, -0.05) is 52.7 Å². The molecule has 0 aliphatic carbocycles. The molecule has 3 heterocycles. The van der Waals surface area contributed by atoms with Crippen molar-refractivity contribution in [2.75, 3.05) is 0 Å². The summed E-state index contributed by atoms with van der Waals surface area (Å²) in [6.07, 6.45) is 0.553. The molecule has 23 heavy (non-hydrogen) atoms. The Morgan fingerprint density at radius 3 is 2.78 bits per heavy atom. The predicted octanol–water partition coefficient (Wildman–Crippen LogP) is 3.78. The maximum absolute atomic E-state index is 6.24. The molecule has 0 amide bonds. The van der Waals surface area contributed by atoms with Crippen molar-refractivity contribution < 1.29 is 0 Å². The quantitative estimate of drug-likeness (QED) is 0.600. The van der Waals surface area contributed by atoms with Gasteiger partial charge in [-0.3, -0.25) is 5.10 Å². The molecule has 0 atom stereocenters. The summed E-state index contributed by atoms with van der Waals surface area (Å²) >= 11 is 13.8. The zero-order valence-electron chi connectivity index (χ0n) is 11.9. The van der Waals surface area contributed by atoms with Gasteiger partial charge in [0.05, 0.1) is 10.7 Å². The Hall–Kier alpha value is -1.96. The molecule has 0 fully saturated rings. The average molecular weight is 365 g/mol. The summed E-state index contributed by atoms with van der Waals surface area (Å²) in [5.41, 5.74) is 2.42. The summed E-state index contributed by atoms with van der Waals surface area (Å²) in [4.78, 5) is 0.693. The third-order valence-corrected chi connectivity index (χ3v) is 5.17. The van der Waals surface area contributed by atoms with E-state index in [1.165, 1.54) is 11.3 Å². The van der Waals surface area contributed by atoms with Gasteiger partial charge < -0.3 is 0 Å². The van der Waals surface area contributed by atoms with Crippen LogP contribution in [0.2, 0.25) is 10.0 Å². The van der Waals surface area contributed by atoms with Crippen molar-refractivity contribution in [3.05, 3.63) is 51.4 Å². The molecular weight excluding hydrogens is 355 g/mol. The highest BCUT2D eigenvalue weighted by Crippen LogP contribution is 2.31. The molecule has 0 unspecified atom stereocenters. The molecule has 0 radical (unpaired) electrons. The van der Waals surface area contributed by atoms with Crippen LogP contribution >= 0.6 is 34.5 Å². The number of hydrogen-bond donors (Lipinski definition) is 1. The van der Waals surface area contributed by atoms with E-state index in [-0.39, 0.29) is 0 Å². The Morgan fingerprint density at radius 1 is 1.22 bits per heavy atom. The van der Waals surface area contributed by atoms with Gasteiger partial charge in [-0.05, 0) is 18.6 Å². The van der Waals surface area contributed by atoms with E-state index >= 15 is 0 Å². The Kier molecular flexibility index (Phi) is 3.56. The van der Waals surface area contributed by atoms with Gasteiger partial charge in [0.15, 0.2) is 10.8 Å². The second kappa shape index (κ2) is 5.59. The zero-order valence-corrected chi connectivity index (χ0v) is 14.2. The van der Waals surface area contributed by atoms with Crippen LogP contribution in [0.5, 0.6) is 0 Å². The van der Waals surface area contributed by atoms with Crippen LogP contribution in [0, 0.1) is 6.92 Å². The number of benzene rings is 1. The highest BCUT2D eigenvalue weighted by Gasteiger charge is 2.18. The number of fused-ring (bicyclic) bond motifs is 1. The van der Waals surface area contributed by atoms with Gasteiger partial charge in [-0.25, -0.2) is 0 Å². The molecule has 0 aliphatic heterocycles. The lowest BCUT2D eigenvalue weighted by Gasteiger charge is -2.00. The average Bonchev–Trinajstić information content (AvgIpc) is 3.19. The monoisotopic (exact) mass is 364 g/mol. The standard InChI is InChI=1S/C14H10Cl2N6S/c1-7-11(16)12(19-17-7)13-21-22-10(18-20-14(22)23-13)6-8-4-2-3-5-9(8)15/h2-5H,6H2,1H3,(H,17,19). The van der Waals surface area contributed by atoms with Crippen molar-refractivity contribution in [3.8, 4) is 10.7 Å². The third kappa shape index (κ3) is 2.50. The number of nitrogens with one attached hydrogen (secondary N) is 1. The number of H-pyrrole nitrogens is 1. The predicted molar refractivity (Wildman–Crippen MR) is 90.2 cm³/mol. The second-order valence-electron chi connectivity index (χ2n) is 5.00. The fourth-order valence-corrected chi connectivity index (χ4v) is 3.52. The maximum Gasteiger partial charge on any atom is 0.235 e. The lowest BCUT2D eigenvalue weighted by Crippen LogP contribution is -1.98. The zero-order chi connectivity index (χ0) is 16.0. The highest BCUT2D eigenvalue weighted by molar-refractivity contribution is 7.19. The first kappa shape index (κ1) is 14.6. The molecule has 1 aromatic carbocycles. The normalized spacial score (nSPS) is 11.4. The van der Waals surface area contributed by atoms with Gasteiger partial charge in [0.2, 0.25) is 4.96 Å². The van der Waals surface area contributed by atoms with Gasteiger partial charge in [0.25, 0.3) is 0 Å². The van der Waals surface area contributed by atoms with Gasteiger partial charge in [-0.15, -0.1) is 10.2 Å². The minimum atomic E-state index is 0.553. The molecule has 4 aromatic rings. The molecular formula is C14H10Cl2N6S. The van der Waals surface area contributed by atoms with E-state index in [1.807, 2.05) is 31.2 Å². The van der Waals surface area contributed by atoms with Crippen LogP contribution in [0.25, 0.3) is 15.7 Å². The van der Waals surface area contributed by atoms with Crippen LogP contribution in [-0.2, 0) is 6.42 Å². The number of aromatic nitrogens is 6. The molecule has 4 rings (SSSR count). The number of nitrogens with zero attached hydrogens (tertiary/aromatic N) is 5. The van der Waals surface area contributed by atoms with Crippen molar-refractivity contribution in [2.45, 2.75) is 13.3 Å². The molecule has 0 aliphatic rings. The molecule has 6 nitrogen and oxygen atoms in total. The van der Waals surface area contributed by atoms with Crippen molar-refractivity contribution in [3.63, 3.8) is 0 Å². The first-order chi connectivity index (χ1) is 11.1. The summed E-state index contributed by atoms with van der Waals surface area (Å²) in [7, 11) is 0. The van der Waals surface area contributed by atoms with Crippen LogP contribution in [-0.4, -0.2) is 30.0 Å². The van der Waals surface area contributed by atoms with E-state index in [0.29, 0.717) is 32.1 Å². The fourth-order valence-electron chi connectivity index (χ4n) is 2.23. The maximum atomic E-state index is 6.24. The minimum absolute atomic E-state index is 0.553. The number of hydrogen-bond acceptors (Lipinski definition) is 5. The number of halogens is 2. The summed E-state index contributed by atoms with van der Waals surface area (Å²) in [6.45, 7) is 1.86. The smallest absolute Gasteiger partial charge is 0.235 e. The van der Waals surface area contributed by atoms with E-state index in [9.17, 15) is 0 Å². The second-order valence-corrected chi connectivity index (χ2v) is 6.74. The molecule has 0 spiro atoms. The first-order valence-electron chi connectivity index (χ1n) is 6.79. The molecule has 0 saturated carbocycles. The number of rotatable bonds is 3. The molecule has 1 N–H and O–H groups in total. The van der Waals surface area contributed by atoms with Crippen LogP contribution in [0.1, 0.15) is 17.1 Å². The van der Waals surface area contributed by atoms with Crippen LogP contribution in [0.4, 0.5) is 0 Å². The van der Waals surface area contributed by atoms with E-state index in [2.05, 4.69) is 25.5 Å². The Balaban J connectivity index is 1.75. The molecule has 0 saturated heterocycles. The van der Waals surface area contributed by atoms with E-state index in [1.54, 1.807) is 4.52 Å². The number of aryl methyl sites for hydroxylation is 1. The Morgan fingerprint density at radius 2 is 2.04 bits per heavy atom. The van der Waals surface area contributed by atoms with E-state index in [4.69, 9.17) is 23.2 Å². The first-order valence-corrected chi connectivity index (χ1v) is 8.36. The van der Waals surface area contributed by atoms with E-state index < -0.39 is 0 Å². The molecule has 9 heteroatoms. The van der Waals surface area contributed by atoms with Crippen molar-refractivity contribution in [1.29, 1.82) is 0 Å². The van der Waals surface area contributed by atoms with Crippen molar-refractivity contribution in [2.24, 2.45) is 0 Å². The largest absolute Gasteiger partial charge is 0.281 e. The summed E-state index contributed by atoms with van der Waals surface area (Å²) in [5.74, 6) is 0.721. The fraction of sp³-hybridized carbons (Fsp3) is 0.143. The van der Waals surface area contributed by atoms with Crippen molar-refractivity contribution >= 4 is 39.5 Å². The van der Waals surface area contributed by atoms with Gasteiger partial charge in [0, 0.05) is 11.4 Å². The molecule has 0 bridgehead atoms. The summed E-state index contributed by atoms with van der Waals surface area (Å²) < 4.78 is 1.71. The van der Waals surface area contributed by atoms with E-state index in [0.717, 1.165) is 17.1 Å². The lowest BCUT2D eigenvalue weighted by atomic mass is 10.1. The lowest BCUT2D eigenvalue weighted by molar-refractivity contribution is 0.852. The van der Waals surface area contributed by atoms with Crippen LogP contribution in [0.15, 0.2) is 24.3 Å². The summed E-state index contributed by atoms with van der Waals surface area (Å²) in [5, 5.41) is 21.9. The third-order valence-electron chi connectivity index (χ3n) is 3.44. The topological polar surface area (TPSA) is 71.8 Å².